The molecule has 0 radical (unpaired) electrons. The number of H-pyrrole nitrogens is 1. The number of carbonyl (C=O) groups is 1. The maximum Gasteiger partial charge on any atom is 0.240 e. The first-order valence-electron chi connectivity index (χ1n) is 9.53. The maximum absolute atomic E-state index is 13.0. The van der Waals surface area contributed by atoms with Gasteiger partial charge in [-0.15, -0.1) is 11.3 Å². The van der Waals surface area contributed by atoms with Crippen molar-refractivity contribution in [3.63, 3.8) is 0 Å². The predicted octanol–water partition coefficient (Wildman–Crippen LogP) is 3.83. The van der Waals surface area contributed by atoms with Crippen LogP contribution in [0, 0.1) is 0 Å². The monoisotopic (exact) mass is 437 g/mol. The van der Waals surface area contributed by atoms with Crippen molar-refractivity contribution in [3.8, 4) is 0 Å². The number of aromatic nitrogens is 1. The molecule has 8 heteroatoms. The zero-order valence-electron chi connectivity index (χ0n) is 15.9. The van der Waals surface area contributed by atoms with E-state index in [0.29, 0.717) is 11.3 Å². The van der Waals surface area contributed by atoms with E-state index in [-0.39, 0.29) is 29.7 Å². The smallest absolute Gasteiger partial charge is 0.240 e. The molecular weight excluding hydrogens is 418 g/mol. The second kappa shape index (κ2) is 7.39. The summed E-state index contributed by atoms with van der Waals surface area (Å²) in [7, 11) is -3.72. The highest BCUT2D eigenvalue weighted by Crippen LogP contribution is 2.33. The van der Waals surface area contributed by atoms with E-state index in [2.05, 4.69) is 15.0 Å². The highest BCUT2D eigenvalue weighted by Gasteiger charge is 2.25. The molecule has 1 atom stereocenters. The number of rotatable bonds is 6. The molecule has 2 aromatic carbocycles. The number of anilines is 1. The Labute approximate surface area is 178 Å². The summed E-state index contributed by atoms with van der Waals surface area (Å²) in [5, 5.41) is 5.80. The molecule has 5 rings (SSSR count). The molecule has 1 aliphatic heterocycles. The number of hydrogen-bond acceptors (Lipinski definition) is 4. The van der Waals surface area contributed by atoms with Crippen LogP contribution < -0.4 is 10.0 Å². The van der Waals surface area contributed by atoms with E-state index in [9.17, 15) is 13.2 Å². The van der Waals surface area contributed by atoms with Gasteiger partial charge < -0.3 is 10.3 Å². The van der Waals surface area contributed by atoms with Gasteiger partial charge in [0.05, 0.1) is 11.3 Å². The van der Waals surface area contributed by atoms with E-state index in [4.69, 9.17) is 0 Å². The van der Waals surface area contributed by atoms with Crippen molar-refractivity contribution in [1.29, 1.82) is 0 Å². The third-order valence-corrected chi connectivity index (χ3v) is 7.78. The molecule has 2 aromatic heterocycles. The van der Waals surface area contributed by atoms with Crippen molar-refractivity contribution in [3.05, 3.63) is 82.2 Å². The van der Waals surface area contributed by atoms with Gasteiger partial charge in [-0.3, -0.25) is 4.79 Å². The van der Waals surface area contributed by atoms with Crippen LogP contribution in [0.15, 0.2) is 71.1 Å². The number of carbonyl (C=O) groups excluding carboxylic acids is 1. The van der Waals surface area contributed by atoms with Gasteiger partial charge in [0.15, 0.2) is 0 Å². The molecule has 1 unspecified atom stereocenters. The molecule has 4 aromatic rings. The van der Waals surface area contributed by atoms with Crippen molar-refractivity contribution in [2.24, 2.45) is 0 Å². The molecule has 0 aliphatic carbocycles. The fourth-order valence-corrected chi connectivity index (χ4v) is 5.83. The van der Waals surface area contributed by atoms with Crippen LogP contribution in [0.3, 0.4) is 0 Å². The van der Waals surface area contributed by atoms with Gasteiger partial charge in [-0.1, -0.05) is 24.3 Å². The number of benzene rings is 2. The molecule has 3 heterocycles. The lowest BCUT2D eigenvalue weighted by Gasteiger charge is -2.17. The molecule has 0 bridgehead atoms. The molecule has 3 N–H and O–H groups in total. The first-order chi connectivity index (χ1) is 14.5. The molecule has 0 fully saturated rings. The van der Waals surface area contributed by atoms with Crippen LogP contribution in [-0.2, 0) is 21.2 Å². The van der Waals surface area contributed by atoms with Gasteiger partial charge in [-0.25, -0.2) is 13.1 Å². The summed E-state index contributed by atoms with van der Waals surface area (Å²) in [5.74, 6) is -0.238. The highest BCUT2D eigenvalue weighted by atomic mass is 32.2. The fraction of sp³-hybridized carbons (Fsp3) is 0.136. The lowest BCUT2D eigenvalue weighted by atomic mass is 9.97. The molecule has 0 saturated heterocycles. The van der Waals surface area contributed by atoms with Gasteiger partial charge in [0, 0.05) is 40.1 Å². The Morgan fingerprint density at radius 3 is 2.80 bits per heavy atom. The maximum atomic E-state index is 13.0. The number of sulfonamides is 1. The first kappa shape index (κ1) is 19.0. The SMILES string of the molecule is O=C1Cc2cc(S(=O)(=O)NCC(c3cccs3)c3c[nH]c4ccccc34)ccc2N1. The van der Waals surface area contributed by atoms with Crippen LogP contribution in [0.1, 0.15) is 21.9 Å². The second-order valence-electron chi connectivity index (χ2n) is 7.25. The topological polar surface area (TPSA) is 91.1 Å². The molecule has 30 heavy (non-hydrogen) atoms. The van der Waals surface area contributed by atoms with Crippen LogP contribution in [0.2, 0.25) is 0 Å². The minimum atomic E-state index is -3.72. The number of thiophene rings is 1. The Morgan fingerprint density at radius 2 is 1.97 bits per heavy atom. The Hall–Kier alpha value is -2.94. The minimum absolute atomic E-state index is 0.117. The molecule has 0 saturated carbocycles. The highest BCUT2D eigenvalue weighted by molar-refractivity contribution is 7.89. The van der Waals surface area contributed by atoms with Gasteiger partial charge in [0.2, 0.25) is 15.9 Å². The van der Waals surface area contributed by atoms with Crippen LogP contribution in [0.5, 0.6) is 0 Å². The number of hydrogen-bond donors (Lipinski definition) is 3. The summed E-state index contributed by atoms with van der Waals surface area (Å²) >= 11 is 1.61. The van der Waals surface area contributed by atoms with Crippen LogP contribution in [-0.4, -0.2) is 25.9 Å². The molecule has 1 amide bonds. The Bertz CT molecular complexity index is 1340. The van der Waals surface area contributed by atoms with Gasteiger partial charge in [0.25, 0.3) is 0 Å². The predicted molar refractivity (Wildman–Crippen MR) is 118 cm³/mol. The Kier molecular flexibility index (Phi) is 4.69. The van der Waals surface area contributed by atoms with E-state index < -0.39 is 10.0 Å². The van der Waals surface area contributed by atoms with Gasteiger partial charge in [0.1, 0.15) is 0 Å². The average molecular weight is 438 g/mol. The zero-order chi connectivity index (χ0) is 20.7. The lowest BCUT2D eigenvalue weighted by Crippen LogP contribution is -2.28. The van der Waals surface area contributed by atoms with Crippen LogP contribution in [0.4, 0.5) is 5.69 Å². The number of nitrogens with one attached hydrogen (secondary N) is 3. The summed E-state index contributed by atoms with van der Waals surface area (Å²) in [6.45, 7) is 0.235. The zero-order valence-corrected chi connectivity index (χ0v) is 17.5. The van der Waals surface area contributed by atoms with E-state index in [1.807, 2.05) is 48.0 Å². The minimum Gasteiger partial charge on any atom is -0.361 e. The van der Waals surface area contributed by atoms with E-state index in [1.54, 1.807) is 23.5 Å². The number of aromatic amines is 1. The Balaban J connectivity index is 1.45. The van der Waals surface area contributed by atoms with E-state index in [0.717, 1.165) is 21.3 Å². The molecule has 1 aliphatic rings. The quantitative estimate of drug-likeness (QED) is 0.428. The Morgan fingerprint density at radius 1 is 1.10 bits per heavy atom. The number of fused-ring (bicyclic) bond motifs is 2. The van der Waals surface area contributed by atoms with Gasteiger partial charge in [-0.2, -0.15) is 0 Å². The van der Waals surface area contributed by atoms with Gasteiger partial charge in [-0.05, 0) is 46.8 Å². The summed E-state index contributed by atoms with van der Waals surface area (Å²) < 4.78 is 28.8. The van der Waals surface area contributed by atoms with Crippen molar-refractivity contribution in [2.45, 2.75) is 17.2 Å². The first-order valence-corrected chi connectivity index (χ1v) is 11.9. The van der Waals surface area contributed by atoms with Crippen molar-refractivity contribution < 1.29 is 13.2 Å². The fourth-order valence-electron chi connectivity index (χ4n) is 3.88. The number of amides is 1. The second-order valence-corrected chi connectivity index (χ2v) is 10.00. The van der Waals surface area contributed by atoms with Crippen LogP contribution in [0.25, 0.3) is 10.9 Å². The standard InChI is InChI=1S/C22H19N3O3S2/c26-22-11-14-10-15(7-8-19(14)25-22)30(27,28)24-13-18(21-6-3-9-29-21)17-12-23-20-5-2-1-4-16(17)20/h1-10,12,18,23-24H,11,13H2,(H,25,26). The lowest BCUT2D eigenvalue weighted by molar-refractivity contribution is -0.115. The normalized spacial score (nSPS) is 14.6. The summed E-state index contributed by atoms with van der Waals surface area (Å²) in [6.07, 6.45) is 2.15. The van der Waals surface area contributed by atoms with Crippen LogP contribution >= 0.6 is 11.3 Å². The number of para-hydroxylation sites is 1. The molecule has 6 nitrogen and oxygen atoms in total. The van der Waals surface area contributed by atoms with E-state index in [1.165, 1.54) is 6.07 Å². The summed E-state index contributed by atoms with van der Waals surface area (Å²) in [4.78, 5) is 16.1. The van der Waals surface area contributed by atoms with Gasteiger partial charge >= 0.3 is 0 Å². The largest absolute Gasteiger partial charge is 0.361 e. The van der Waals surface area contributed by atoms with Crippen molar-refractivity contribution >= 4 is 43.9 Å². The van der Waals surface area contributed by atoms with Crippen molar-refractivity contribution in [2.75, 3.05) is 11.9 Å². The van der Waals surface area contributed by atoms with Crippen molar-refractivity contribution in [1.82, 2.24) is 9.71 Å². The van der Waals surface area contributed by atoms with E-state index >= 15 is 0 Å². The molecular formula is C22H19N3O3S2. The third kappa shape index (κ3) is 3.43. The molecule has 0 spiro atoms. The summed E-state index contributed by atoms with van der Waals surface area (Å²) in [6, 6.07) is 16.7. The third-order valence-electron chi connectivity index (χ3n) is 5.37. The average Bonchev–Trinajstić information content (AvgIpc) is 3.47. The summed E-state index contributed by atoms with van der Waals surface area (Å²) in [5.41, 5.74) is 3.45. The molecule has 152 valence electrons.